The molecule has 0 aromatic heterocycles. The van der Waals surface area contributed by atoms with Gasteiger partial charge in [-0.05, 0) is 19.1 Å². The van der Waals surface area contributed by atoms with Crippen LogP contribution in [0, 0.1) is 6.92 Å². The molecule has 0 saturated heterocycles. The van der Waals surface area contributed by atoms with Gasteiger partial charge in [0, 0.05) is 0 Å². The zero-order valence-corrected chi connectivity index (χ0v) is 7.37. The van der Waals surface area contributed by atoms with Gasteiger partial charge in [0.25, 0.3) is 0 Å². The van der Waals surface area contributed by atoms with Gasteiger partial charge in [-0.1, -0.05) is 11.6 Å². The highest BCUT2D eigenvalue weighted by Crippen LogP contribution is 2.22. The van der Waals surface area contributed by atoms with E-state index in [9.17, 15) is 4.79 Å². The number of aryl methyl sites for hydroxylation is 1. The van der Waals surface area contributed by atoms with Gasteiger partial charge in [-0.15, -0.1) is 0 Å². The van der Waals surface area contributed by atoms with Gasteiger partial charge in [0.15, 0.2) is 0 Å². The summed E-state index contributed by atoms with van der Waals surface area (Å²) >= 11 is 0. The van der Waals surface area contributed by atoms with E-state index < -0.39 is 0 Å². The lowest BCUT2D eigenvalue weighted by Crippen LogP contribution is -2.05. The zero-order valence-electron chi connectivity index (χ0n) is 7.37. The minimum absolute atomic E-state index is 0.295. The summed E-state index contributed by atoms with van der Waals surface area (Å²) in [4.78, 5) is 11.4. The molecule has 0 saturated carbocycles. The third-order valence-electron chi connectivity index (χ3n) is 1.93. The predicted octanol–water partition coefficient (Wildman–Crippen LogP) is 1.54. The van der Waals surface area contributed by atoms with Gasteiger partial charge < -0.3 is 9.47 Å². The molecule has 0 atom stereocenters. The van der Waals surface area contributed by atoms with E-state index in [0.717, 1.165) is 5.56 Å². The van der Waals surface area contributed by atoms with E-state index in [4.69, 9.17) is 9.47 Å². The Balaban J connectivity index is 2.49. The number of fused-ring (bicyclic) bond motifs is 1. The molecule has 0 bridgehead atoms. The van der Waals surface area contributed by atoms with E-state index in [-0.39, 0.29) is 5.97 Å². The molecule has 1 aromatic rings. The van der Waals surface area contributed by atoms with Crippen molar-refractivity contribution in [2.75, 3.05) is 13.2 Å². The quantitative estimate of drug-likeness (QED) is 0.565. The summed E-state index contributed by atoms with van der Waals surface area (Å²) in [6, 6.07) is 5.50. The first-order valence-corrected chi connectivity index (χ1v) is 4.18. The molecule has 0 fully saturated rings. The smallest absolute Gasteiger partial charge is 0.342 e. The van der Waals surface area contributed by atoms with E-state index in [0.29, 0.717) is 24.5 Å². The van der Waals surface area contributed by atoms with Crippen LogP contribution >= 0.6 is 0 Å². The van der Waals surface area contributed by atoms with Gasteiger partial charge in [0.1, 0.15) is 24.5 Å². The molecular formula is C10H10O3. The molecule has 2 rings (SSSR count). The fraction of sp³-hybridized carbons (Fsp3) is 0.300. The van der Waals surface area contributed by atoms with E-state index in [2.05, 4.69) is 0 Å². The first kappa shape index (κ1) is 8.10. The lowest BCUT2D eigenvalue weighted by molar-refractivity contribution is 0.0492. The van der Waals surface area contributed by atoms with Crippen molar-refractivity contribution in [1.82, 2.24) is 0 Å². The number of carbonyl (C=O) groups excluding carboxylic acids is 1. The number of benzene rings is 1. The Labute approximate surface area is 76.3 Å². The molecule has 0 unspecified atom stereocenters. The largest absolute Gasteiger partial charge is 0.489 e. The number of rotatable bonds is 0. The Morgan fingerprint density at radius 1 is 1.23 bits per heavy atom. The minimum Gasteiger partial charge on any atom is -0.489 e. The van der Waals surface area contributed by atoms with Crippen molar-refractivity contribution in [2.45, 2.75) is 6.92 Å². The monoisotopic (exact) mass is 178 g/mol. The highest BCUT2D eigenvalue weighted by Gasteiger charge is 2.17. The number of cyclic esters (lactones) is 1. The Morgan fingerprint density at radius 2 is 2.00 bits per heavy atom. The summed E-state index contributed by atoms with van der Waals surface area (Å²) in [6.07, 6.45) is 0. The van der Waals surface area contributed by atoms with Gasteiger partial charge in [-0.2, -0.15) is 0 Å². The summed E-state index contributed by atoms with van der Waals surface area (Å²) < 4.78 is 10.2. The van der Waals surface area contributed by atoms with Crippen LogP contribution in [0.5, 0.6) is 5.75 Å². The third-order valence-corrected chi connectivity index (χ3v) is 1.93. The number of ether oxygens (including phenoxy) is 2. The molecule has 1 aromatic carbocycles. The summed E-state index contributed by atoms with van der Waals surface area (Å²) in [7, 11) is 0. The predicted molar refractivity (Wildman–Crippen MR) is 47.0 cm³/mol. The Hall–Kier alpha value is -1.51. The summed E-state index contributed by atoms with van der Waals surface area (Å²) in [6.45, 7) is 2.69. The first-order chi connectivity index (χ1) is 6.27. The van der Waals surface area contributed by atoms with Crippen LogP contribution < -0.4 is 4.74 Å². The molecule has 0 spiro atoms. The highest BCUT2D eigenvalue weighted by atomic mass is 16.6. The Bertz CT molecular complexity index is 344. The molecule has 0 amide bonds. The molecule has 1 heterocycles. The van der Waals surface area contributed by atoms with Crippen molar-refractivity contribution < 1.29 is 14.3 Å². The van der Waals surface area contributed by atoms with Crippen LogP contribution in [-0.4, -0.2) is 19.2 Å². The lowest BCUT2D eigenvalue weighted by atomic mass is 10.1. The highest BCUT2D eigenvalue weighted by molar-refractivity contribution is 5.93. The molecule has 3 nitrogen and oxygen atoms in total. The maximum atomic E-state index is 11.4. The minimum atomic E-state index is -0.295. The fourth-order valence-electron chi connectivity index (χ4n) is 1.29. The summed E-state index contributed by atoms with van der Waals surface area (Å²) in [5.41, 5.74) is 1.55. The van der Waals surface area contributed by atoms with Crippen LogP contribution in [0.4, 0.5) is 0 Å². The topological polar surface area (TPSA) is 35.5 Å². The maximum Gasteiger partial charge on any atom is 0.342 e. The maximum absolute atomic E-state index is 11.4. The van der Waals surface area contributed by atoms with Crippen molar-refractivity contribution in [1.29, 1.82) is 0 Å². The first-order valence-electron chi connectivity index (χ1n) is 4.18. The number of esters is 1. The standard InChI is InChI=1S/C10H10O3/c1-7-2-3-9-8(6-7)10(11)13-5-4-12-9/h2-3,6H,4-5H2,1H3. The lowest BCUT2D eigenvalue weighted by Gasteiger charge is -2.04. The molecule has 3 heteroatoms. The van der Waals surface area contributed by atoms with Gasteiger partial charge in [-0.3, -0.25) is 0 Å². The van der Waals surface area contributed by atoms with Crippen LogP contribution in [-0.2, 0) is 4.74 Å². The average Bonchev–Trinajstić information content (AvgIpc) is 2.29. The number of hydrogen-bond donors (Lipinski definition) is 0. The van der Waals surface area contributed by atoms with Crippen molar-refractivity contribution in [3.05, 3.63) is 29.3 Å². The van der Waals surface area contributed by atoms with Crippen LogP contribution in [0.25, 0.3) is 0 Å². The van der Waals surface area contributed by atoms with Gasteiger partial charge in [0.05, 0.1) is 0 Å². The Kier molecular flexibility index (Phi) is 1.93. The van der Waals surface area contributed by atoms with Gasteiger partial charge >= 0.3 is 5.97 Å². The van der Waals surface area contributed by atoms with Crippen LogP contribution in [0.2, 0.25) is 0 Å². The number of carbonyl (C=O) groups is 1. The second kappa shape index (κ2) is 3.09. The molecule has 13 heavy (non-hydrogen) atoms. The van der Waals surface area contributed by atoms with Crippen molar-refractivity contribution in [3.8, 4) is 5.75 Å². The van der Waals surface area contributed by atoms with Gasteiger partial charge in [-0.25, -0.2) is 4.79 Å². The van der Waals surface area contributed by atoms with E-state index in [1.165, 1.54) is 0 Å². The third kappa shape index (κ3) is 1.49. The second-order valence-electron chi connectivity index (χ2n) is 2.98. The summed E-state index contributed by atoms with van der Waals surface area (Å²) in [5.74, 6) is 0.323. The Morgan fingerprint density at radius 3 is 2.85 bits per heavy atom. The van der Waals surface area contributed by atoms with Crippen LogP contribution in [0.3, 0.4) is 0 Å². The fourth-order valence-corrected chi connectivity index (χ4v) is 1.29. The van der Waals surface area contributed by atoms with E-state index >= 15 is 0 Å². The second-order valence-corrected chi connectivity index (χ2v) is 2.98. The van der Waals surface area contributed by atoms with E-state index in [1.807, 2.05) is 13.0 Å². The molecule has 0 radical (unpaired) electrons. The van der Waals surface area contributed by atoms with Crippen molar-refractivity contribution >= 4 is 5.97 Å². The van der Waals surface area contributed by atoms with Crippen LogP contribution in [0.1, 0.15) is 15.9 Å². The van der Waals surface area contributed by atoms with Gasteiger partial charge in [0.2, 0.25) is 0 Å². The normalized spacial score (nSPS) is 15.3. The SMILES string of the molecule is Cc1ccc2c(c1)C(=O)OCCO2. The summed E-state index contributed by atoms with van der Waals surface area (Å²) in [5, 5.41) is 0. The molecule has 68 valence electrons. The van der Waals surface area contributed by atoms with Crippen LogP contribution in [0.15, 0.2) is 18.2 Å². The zero-order chi connectivity index (χ0) is 9.26. The number of hydrogen-bond acceptors (Lipinski definition) is 3. The molecule has 0 aliphatic carbocycles. The van der Waals surface area contributed by atoms with Crippen molar-refractivity contribution in [3.63, 3.8) is 0 Å². The molecule has 1 aliphatic rings. The van der Waals surface area contributed by atoms with Crippen molar-refractivity contribution in [2.24, 2.45) is 0 Å². The molecule has 1 aliphatic heterocycles. The molecule has 0 N–H and O–H groups in total. The average molecular weight is 178 g/mol. The van der Waals surface area contributed by atoms with E-state index in [1.54, 1.807) is 12.1 Å². The molecular weight excluding hydrogens is 168 g/mol.